The van der Waals surface area contributed by atoms with E-state index < -0.39 is 11.9 Å². The largest absolute Gasteiger partial charge is 0.481 e. The van der Waals surface area contributed by atoms with Gasteiger partial charge in [0, 0.05) is 12.8 Å². The van der Waals surface area contributed by atoms with Crippen LogP contribution in [-0.4, -0.2) is 36.1 Å². The summed E-state index contributed by atoms with van der Waals surface area (Å²) < 4.78 is 4.59. The van der Waals surface area contributed by atoms with E-state index in [1.165, 1.54) is 0 Å². The first kappa shape index (κ1) is 13.4. The quantitative estimate of drug-likeness (QED) is 0.582. The van der Waals surface area contributed by atoms with Gasteiger partial charge in [0.1, 0.15) is 6.54 Å². The van der Waals surface area contributed by atoms with Crippen molar-refractivity contribution in [1.82, 2.24) is 5.32 Å². The third kappa shape index (κ3) is 8.73. The number of amides is 1. The van der Waals surface area contributed by atoms with Crippen LogP contribution in [0.15, 0.2) is 0 Å². The molecular weight excluding hydrogens is 202 g/mol. The van der Waals surface area contributed by atoms with Gasteiger partial charge < -0.3 is 15.2 Å². The van der Waals surface area contributed by atoms with Crippen molar-refractivity contribution >= 4 is 17.8 Å². The molecule has 0 rings (SSSR count). The minimum Gasteiger partial charge on any atom is -0.481 e. The number of carbonyl (C=O) groups excluding carboxylic acids is 2. The summed E-state index contributed by atoms with van der Waals surface area (Å²) in [6.45, 7) is 1.78. The predicted octanol–water partition coefficient (Wildman–Crippen LogP) is -0.0794. The summed E-state index contributed by atoms with van der Waals surface area (Å²) in [6.07, 6.45) is 0.322. The van der Waals surface area contributed by atoms with E-state index >= 15 is 0 Å². The highest BCUT2D eigenvalue weighted by molar-refractivity contribution is 5.82. The Morgan fingerprint density at radius 2 is 1.93 bits per heavy atom. The molecule has 0 spiro atoms. The summed E-state index contributed by atoms with van der Waals surface area (Å²) in [5, 5.41) is 10.6. The molecule has 0 fully saturated rings. The number of hydrogen-bond donors (Lipinski definition) is 2. The fraction of sp³-hybridized carbons (Fsp3) is 0.667. The van der Waals surface area contributed by atoms with Crippen LogP contribution in [0.2, 0.25) is 0 Å². The Morgan fingerprint density at radius 3 is 2.47 bits per heavy atom. The first-order chi connectivity index (χ1) is 7.06. The van der Waals surface area contributed by atoms with Crippen molar-refractivity contribution in [2.75, 3.05) is 13.2 Å². The molecule has 0 heterocycles. The van der Waals surface area contributed by atoms with E-state index in [0.717, 1.165) is 0 Å². The maximum Gasteiger partial charge on any atom is 0.325 e. The zero-order chi connectivity index (χ0) is 11.7. The van der Waals surface area contributed by atoms with Crippen LogP contribution >= 0.6 is 0 Å². The molecular formula is C9H15NO5. The predicted molar refractivity (Wildman–Crippen MR) is 51.1 cm³/mol. The Balaban J connectivity index is 3.49. The van der Waals surface area contributed by atoms with Gasteiger partial charge in [0.25, 0.3) is 0 Å². The van der Waals surface area contributed by atoms with Gasteiger partial charge in [-0.1, -0.05) is 0 Å². The van der Waals surface area contributed by atoms with Gasteiger partial charge >= 0.3 is 11.9 Å². The Hall–Kier alpha value is -1.59. The summed E-state index contributed by atoms with van der Waals surface area (Å²) in [5.74, 6) is -1.78. The standard InChI is InChI=1S/C9H15NO5/c1-2-15-9(14)6-10-7(11)4-3-5-8(12)13/h2-6H2,1H3,(H,10,11)(H,12,13). The van der Waals surface area contributed by atoms with Gasteiger partial charge in [0.15, 0.2) is 0 Å². The summed E-state index contributed by atoms with van der Waals surface area (Å²) in [7, 11) is 0. The van der Waals surface area contributed by atoms with E-state index in [4.69, 9.17) is 5.11 Å². The maximum atomic E-state index is 11.0. The van der Waals surface area contributed by atoms with Crippen LogP contribution in [0.3, 0.4) is 0 Å². The molecule has 0 aromatic carbocycles. The molecule has 15 heavy (non-hydrogen) atoms. The van der Waals surface area contributed by atoms with E-state index in [1.54, 1.807) is 6.92 Å². The Morgan fingerprint density at radius 1 is 1.27 bits per heavy atom. The molecule has 0 bridgehead atoms. The molecule has 0 unspecified atom stereocenters. The molecule has 0 saturated heterocycles. The van der Waals surface area contributed by atoms with Crippen molar-refractivity contribution in [2.45, 2.75) is 26.2 Å². The van der Waals surface area contributed by atoms with Crippen molar-refractivity contribution < 1.29 is 24.2 Å². The van der Waals surface area contributed by atoms with Crippen LogP contribution in [0.1, 0.15) is 26.2 Å². The van der Waals surface area contributed by atoms with Crippen molar-refractivity contribution in [3.8, 4) is 0 Å². The van der Waals surface area contributed by atoms with Gasteiger partial charge in [-0.3, -0.25) is 14.4 Å². The molecule has 0 atom stereocenters. The molecule has 0 radical (unpaired) electrons. The Kier molecular flexibility index (Phi) is 6.96. The Bertz CT molecular complexity index is 239. The van der Waals surface area contributed by atoms with Crippen LogP contribution in [0.5, 0.6) is 0 Å². The maximum absolute atomic E-state index is 11.0. The van der Waals surface area contributed by atoms with Gasteiger partial charge in [-0.05, 0) is 13.3 Å². The molecule has 0 aromatic heterocycles. The number of carboxylic acid groups (broad SMARTS) is 1. The second kappa shape index (κ2) is 7.78. The van der Waals surface area contributed by atoms with E-state index in [1.807, 2.05) is 0 Å². The summed E-state index contributed by atoms with van der Waals surface area (Å²) in [5.41, 5.74) is 0. The van der Waals surface area contributed by atoms with Gasteiger partial charge in [-0.15, -0.1) is 0 Å². The van der Waals surface area contributed by atoms with E-state index in [9.17, 15) is 14.4 Å². The van der Waals surface area contributed by atoms with Crippen LogP contribution < -0.4 is 5.32 Å². The molecule has 0 aromatic rings. The molecule has 0 aliphatic heterocycles. The highest BCUT2D eigenvalue weighted by atomic mass is 16.5. The minimum absolute atomic E-state index is 0.0488. The average molecular weight is 217 g/mol. The molecule has 86 valence electrons. The topological polar surface area (TPSA) is 92.7 Å². The van der Waals surface area contributed by atoms with Gasteiger partial charge in [0.2, 0.25) is 5.91 Å². The highest BCUT2D eigenvalue weighted by Crippen LogP contribution is 1.94. The van der Waals surface area contributed by atoms with Crippen LogP contribution in [0.25, 0.3) is 0 Å². The minimum atomic E-state index is -0.937. The number of nitrogens with one attached hydrogen (secondary N) is 1. The zero-order valence-corrected chi connectivity index (χ0v) is 8.62. The van der Waals surface area contributed by atoms with Crippen molar-refractivity contribution in [1.29, 1.82) is 0 Å². The number of aliphatic carboxylic acids is 1. The van der Waals surface area contributed by atoms with Crippen molar-refractivity contribution in [2.24, 2.45) is 0 Å². The highest BCUT2D eigenvalue weighted by Gasteiger charge is 2.06. The van der Waals surface area contributed by atoms with Crippen molar-refractivity contribution in [3.05, 3.63) is 0 Å². The first-order valence-electron chi connectivity index (χ1n) is 4.70. The number of rotatable bonds is 7. The second-order valence-electron chi connectivity index (χ2n) is 2.83. The zero-order valence-electron chi connectivity index (χ0n) is 8.62. The van der Waals surface area contributed by atoms with E-state index in [-0.39, 0.29) is 38.3 Å². The molecule has 0 aliphatic carbocycles. The molecule has 6 nitrogen and oxygen atoms in total. The van der Waals surface area contributed by atoms with Gasteiger partial charge in [-0.25, -0.2) is 0 Å². The molecule has 0 saturated carbocycles. The average Bonchev–Trinajstić information content (AvgIpc) is 2.14. The lowest BCUT2D eigenvalue weighted by Crippen LogP contribution is -2.30. The van der Waals surface area contributed by atoms with Gasteiger partial charge in [-0.2, -0.15) is 0 Å². The molecule has 6 heteroatoms. The SMILES string of the molecule is CCOC(=O)CNC(=O)CCCC(=O)O. The lowest BCUT2D eigenvalue weighted by Gasteiger charge is -2.03. The molecule has 2 N–H and O–H groups in total. The molecule has 1 amide bonds. The van der Waals surface area contributed by atoms with E-state index in [2.05, 4.69) is 10.1 Å². The normalized spacial score (nSPS) is 9.40. The smallest absolute Gasteiger partial charge is 0.325 e. The fourth-order valence-electron chi connectivity index (χ4n) is 0.871. The summed E-state index contributed by atoms with van der Waals surface area (Å²) >= 11 is 0. The third-order valence-electron chi connectivity index (χ3n) is 1.53. The summed E-state index contributed by atoms with van der Waals surface area (Å²) in [6, 6.07) is 0. The van der Waals surface area contributed by atoms with Crippen molar-refractivity contribution in [3.63, 3.8) is 0 Å². The fourth-order valence-corrected chi connectivity index (χ4v) is 0.871. The number of carbonyl (C=O) groups is 3. The number of ether oxygens (including phenoxy) is 1. The number of hydrogen-bond acceptors (Lipinski definition) is 4. The van der Waals surface area contributed by atoms with Crippen LogP contribution in [-0.2, 0) is 19.1 Å². The second-order valence-corrected chi connectivity index (χ2v) is 2.83. The molecule has 0 aliphatic rings. The summed E-state index contributed by atoms with van der Waals surface area (Å²) in [4.78, 5) is 31.9. The Labute approximate surface area is 87.6 Å². The van der Waals surface area contributed by atoms with E-state index in [0.29, 0.717) is 0 Å². The number of esters is 1. The van der Waals surface area contributed by atoms with Crippen LogP contribution in [0.4, 0.5) is 0 Å². The lowest BCUT2D eigenvalue weighted by atomic mass is 10.2. The monoisotopic (exact) mass is 217 g/mol. The first-order valence-corrected chi connectivity index (χ1v) is 4.70. The lowest BCUT2D eigenvalue weighted by molar-refractivity contribution is -0.143. The number of carboxylic acids is 1. The van der Waals surface area contributed by atoms with Gasteiger partial charge in [0.05, 0.1) is 6.61 Å². The van der Waals surface area contributed by atoms with Crippen LogP contribution in [0, 0.1) is 0 Å². The third-order valence-corrected chi connectivity index (χ3v) is 1.53.